The van der Waals surface area contributed by atoms with Gasteiger partial charge in [-0.3, -0.25) is 9.78 Å². The highest BCUT2D eigenvalue weighted by Crippen LogP contribution is 2.28. The number of benzene rings is 1. The van der Waals surface area contributed by atoms with Gasteiger partial charge in [-0.25, -0.2) is 0 Å². The van der Waals surface area contributed by atoms with Gasteiger partial charge in [0.1, 0.15) is 5.52 Å². The molecule has 106 valence electrons. The molecular formula is C14H9F2N3O2. The number of methoxy groups -OCH3 is 1. The summed E-state index contributed by atoms with van der Waals surface area (Å²) in [6.45, 7) is 0. The van der Waals surface area contributed by atoms with Crippen LogP contribution in [-0.2, 0) is 0 Å². The number of nitrogens with one attached hydrogen (secondary N) is 1. The maximum atomic E-state index is 14.1. The summed E-state index contributed by atoms with van der Waals surface area (Å²) in [5.41, 5.74) is -0.722. The number of aromatic nitrogens is 3. The third kappa shape index (κ3) is 2.12. The molecule has 0 atom stereocenters. The van der Waals surface area contributed by atoms with Crippen LogP contribution in [0.5, 0.6) is 6.01 Å². The zero-order valence-electron chi connectivity index (χ0n) is 10.9. The van der Waals surface area contributed by atoms with Crippen LogP contribution in [0.25, 0.3) is 22.0 Å². The zero-order valence-corrected chi connectivity index (χ0v) is 10.9. The molecule has 1 aromatic carbocycles. The summed E-state index contributed by atoms with van der Waals surface area (Å²) in [5, 5.41) is -0.202. The van der Waals surface area contributed by atoms with E-state index in [0.717, 1.165) is 0 Å². The second-order valence-electron chi connectivity index (χ2n) is 4.23. The van der Waals surface area contributed by atoms with Crippen LogP contribution in [0, 0.1) is 11.9 Å². The maximum Gasteiger partial charge on any atom is 0.296 e. The van der Waals surface area contributed by atoms with E-state index in [9.17, 15) is 13.6 Å². The Morgan fingerprint density at radius 3 is 2.48 bits per heavy atom. The Morgan fingerprint density at radius 1 is 1.10 bits per heavy atom. The molecule has 1 N–H and O–H groups in total. The molecule has 3 aromatic rings. The van der Waals surface area contributed by atoms with Gasteiger partial charge in [0.25, 0.3) is 11.6 Å². The fraction of sp³-hybridized carbons (Fsp3) is 0.0714. The third-order valence-corrected chi connectivity index (χ3v) is 3.00. The summed E-state index contributed by atoms with van der Waals surface area (Å²) < 4.78 is 32.7. The van der Waals surface area contributed by atoms with E-state index in [4.69, 9.17) is 4.74 Å². The first-order valence-corrected chi connectivity index (χ1v) is 6.00. The van der Waals surface area contributed by atoms with Gasteiger partial charge in [-0.1, -0.05) is 30.3 Å². The highest BCUT2D eigenvalue weighted by atomic mass is 19.1. The lowest BCUT2D eigenvalue weighted by Gasteiger charge is -2.08. The zero-order chi connectivity index (χ0) is 15.0. The Balaban J connectivity index is 2.48. The van der Waals surface area contributed by atoms with Gasteiger partial charge in [0.15, 0.2) is 0 Å². The number of fused-ring (bicyclic) bond motifs is 1. The number of pyridine rings is 1. The number of halogens is 2. The Hall–Kier alpha value is -2.83. The van der Waals surface area contributed by atoms with Crippen molar-refractivity contribution in [3.8, 4) is 17.1 Å². The van der Waals surface area contributed by atoms with Crippen molar-refractivity contribution in [1.82, 2.24) is 15.0 Å². The summed E-state index contributed by atoms with van der Waals surface area (Å²) in [4.78, 5) is 21.4. The predicted molar refractivity (Wildman–Crippen MR) is 72.1 cm³/mol. The van der Waals surface area contributed by atoms with Crippen molar-refractivity contribution in [1.29, 1.82) is 0 Å². The van der Waals surface area contributed by atoms with Gasteiger partial charge in [0.2, 0.25) is 11.9 Å². The minimum Gasteiger partial charge on any atom is -0.468 e. The smallest absolute Gasteiger partial charge is 0.296 e. The van der Waals surface area contributed by atoms with Crippen LogP contribution in [0.15, 0.2) is 35.1 Å². The van der Waals surface area contributed by atoms with Crippen molar-refractivity contribution in [3.63, 3.8) is 0 Å². The van der Waals surface area contributed by atoms with Crippen LogP contribution in [0.4, 0.5) is 8.78 Å². The van der Waals surface area contributed by atoms with Crippen LogP contribution < -0.4 is 10.3 Å². The number of rotatable bonds is 2. The van der Waals surface area contributed by atoms with Crippen LogP contribution in [0.3, 0.4) is 0 Å². The maximum absolute atomic E-state index is 14.1. The molecule has 0 saturated heterocycles. The average molecular weight is 289 g/mol. The summed E-state index contributed by atoms with van der Waals surface area (Å²) in [5.74, 6) is -2.23. The number of nitrogens with zero attached hydrogens (tertiary/aromatic N) is 2. The van der Waals surface area contributed by atoms with E-state index in [1.807, 2.05) is 0 Å². The molecule has 2 heterocycles. The standard InChI is InChI=1S/C14H9F2N3O2/c1-21-14-17-10-9(13(20)19-14)8(11(15)18-12(10)16)7-5-3-2-4-6-7/h2-6H,1H3,(H,17,19,20). The average Bonchev–Trinajstić information content (AvgIpc) is 2.49. The number of hydrogen-bond donors (Lipinski definition) is 1. The molecule has 0 radical (unpaired) electrons. The summed E-state index contributed by atoms with van der Waals surface area (Å²) in [6, 6.07) is 8.12. The van der Waals surface area contributed by atoms with Gasteiger partial charge in [0, 0.05) is 0 Å². The lowest BCUT2D eigenvalue weighted by molar-refractivity contribution is 0.379. The van der Waals surface area contributed by atoms with E-state index in [1.54, 1.807) is 30.3 Å². The van der Waals surface area contributed by atoms with Crippen molar-refractivity contribution in [2.24, 2.45) is 0 Å². The normalized spacial score (nSPS) is 10.8. The van der Waals surface area contributed by atoms with E-state index in [0.29, 0.717) is 5.56 Å². The molecule has 0 aliphatic carbocycles. The highest BCUT2D eigenvalue weighted by molar-refractivity contribution is 5.93. The van der Waals surface area contributed by atoms with Gasteiger partial charge < -0.3 is 4.74 Å². The number of ether oxygens (including phenoxy) is 1. The number of aromatic amines is 1. The first kappa shape index (κ1) is 13.2. The van der Waals surface area contributed by atoms with E-state index >= 15 is 0 Å². The fourth-order valence-corrected chi connectivity index (χ4v) is 2.10. The van der Waals surface area contributed by atoms with E-state index < -0.39 is 17.5 Å². The summed E-state index contributed by atoms with van der Waals surface area (Å²) in [6.07, 6.45) is 0. The van der Waals surface area contributed by atoms with Gasteiger partial charge in [-0.2, -0.15) is 18.7 Å². The number of hydrogen-bond acceptors (Lipinski definition) is 4. The number of H-pyrrole nitrogens is 1. The first-order valence-electron chi connectivity index (χ1n) is 6.00. The van der Waals surface area contributed by atoms with Crippen LogP contribution in [0.2, 0.25) is 0 Å². The molecule has 0 bridgehead atoms. The van der Waals surface area contributed by atoms with Crippen molar-refractivity contribution in [2.45, 2.75) is 0 Å². The molecule has 0 saturated carbocycles. The SMILES string of the molecule is COc1nc2c(F)nc(F)c(-c3ccccc3)c2c(=O)[nH]1. The Kier molecular flexibility index (Phi) is 3.09. The van der Waals surface area contributed by atoms with Crippen molar-refractivity contribution in [2.75, 3.05) is 7.11 Å². The first-order chi connectivity index (χ1) is 10.1. The van der Waals surface area contributed by atoms with Crippen molar-refractivity contribution < 1.29 is 13.5 Å². The quantitative estimate of drug-likeness (QED) is 0.735. The summed E-state index contributed by atoms with van der Waals surface area (Å²) >= 11 is 0. The minimum absolute atomic E-state index is 0.0941. The molecule has 0 unspecified atom stereocenters. The van der Waals surface area contributed by atoms with E-state index in [2.05, 4.69) is 15.0 Å². The molecule has 0 aliphatic heterocycles. The third-order valence-electron chi connectivity index (χ3n) is 3.00. The van der Waals surface area contributed by atoms with Gasteiger partial charge >= 0.3 is 0 Å². The van der Waals surface area contributed by atoms with Gasteiger partial charge in [0.05, 0.1) is 18.1 Å². The van der Waals surface area contributed by atoms with Gasteiger partial charge in [-0.05, 0) is 5.56 Å². The van der Waals surface area contributed by atoms with Crippen LogP contribution in [0.1, 0.15) is 0 Å². The van der Waals surface area contributed by atoms with Crippen molar-refractivity contribution >= 4 is 10.9 Å². The largest absolute Gasteiger partial charge is 0.468 e. The van der Waals surface area contributed by atoms with Crippen LogP contribution in [-0.4, -0.2) is 22.1 Å². The monoisotopic (exact) mass is 289 g/mol. The minimum atomic E-state index is -1.16. The lowest BCUT2D eigenvalue weighted by atomic mass is 10.0. The molecule has 0 fully saturated rings. The molecule has 0 aliphatic rings. The van der Waals surface area contributed by atoms with E-state index in [-0.39, 0.29) is 22.5 Å². The molecule has 3 rings (SSSR count). The lowest BCUT2D eigenvalue weighted by Crippen LogP contribution is -2.13. The fourth-order valence-electron chi connectivity index (χ4n) is 2.10. The second-order valence-corrected chi connectivity index (χ2v) is 4.23. The predicted octanol–water partition coefficient (Wildman–Crippen LogP) is 2.27. The molecule has 7 heteroatoms. The Bertz CT molecular complexity index is 879. The molecule has 0 amide bonds. The molecular weight excluding hydrogens is 280 g/mol. The van der Waals surface area contributed by atoms with Crippen molar-refractivity contribution in [3.05, 3.63) is 52.6 Å². The molecule has 2 aromatic heterocycles. The second kappa shape index (κ2) is 4.93. The van der Waals surface area contributed by atoms with E-state index in [1.165, 1.54) is 7.11 Å². The van der Waals surface area contributed by atoms with Gasteiger partial charge in [-0.15, -0.1) is 0 Å². The molecule has 21 heavy (non-hydrogen) atoms. The Morgan fingerprint density at radius 2 is 1.81 bits per heavy atom. The summed E-state index contributed by atoms with van der Waals surface area (Å²) in [7, 11) is 1.27. The highest BCUT2D eigenvalue weighted by Gasteiger charge is 2.20. The topological polar surface area (TPSA) is 67.9 Å². The van der Waals surface area contributed by atoms with Crippen LogP contribution >= 0.6 is 0 Å². The molecule has 5 nitrogen and oxygen atoms in total. The Labute approximate surface area is 117 Å². The molecule has 0 spiro atoms.